The Balaban J connectivity index is 0.00000106. The van der Waals surface area contributed by atoms with Crippen molar-refractivity contribution in [3.8, 4) is 5.75 Å². The minimum absolute atomic E-state index is 0.0191. The van der Waals surface area contributed by atoms with Gasteiger partial charge in [0.2, 0.25) is 6.10 Å². The zero-order valence-electron chi connectivity index (χ0n) is 29.6. The standard InChI is InChI=1S/C30H39N2O10PS2.C5H11N/c1-21(2)19-23-6-8-24(9-7-23)22(3)29(34)42-27(20-39-28(33)5-4-16-40-32(36)37)30(35)41-25-10-12-26(13-11-25)43(44,45)31-14-17-38-18-15-31;1-2-4-6-5-3-1/h6-13,21-22,27H,4-5,14-20H2,1-3H3,(H,44,45);6H,1-5H2. The summed E-state index contributed by atoms with van der Waals surface area (Å²) in [7, 11) is 0. The minimum atomic E-state index is -2.45. The van der Waals surface area contributed by atoms with Crippen LogP contribution in [-0.4, -0.2) is 86.4 Å². The SMILES string of the molecule is C1CC[NH2+]CC1.CC(C)Cc1ccc(C(C)C(=O)OC(COC(=O)CCCO[N+](=O)[O-])C(=O)Oc2ccc(P(=S)([S-])N3CCOCC3)cc2)cc1. The van der Waals surface area contributed by atoms with E-state index in [2.05, 4.69) is 28.7 Å². The molecule has 2 N–H and O–H groups in total. The largest absolute Gasteiger partial charge is 0.727 e. The number of esters is 3. The van der Waals surface area contributed by atoms with E-state index in [-0.39, 0.29) is 25.2 Å². The number of piperidine rings is 1. The predicted molar refractivity (Wildman–Crippen MR) is 198 cm³/mol. The molecule has 2 aliphatic heterocycles. The van der Waals surface area contributed by atoms with Crippen LogP contribution in [0, 0.1) is 16.0 Å². The van der Waals surface area contributed by atoms with E-state index in [1.54, 1.807) is 31.2 Å². The maximum Gasteiger partial charge on any atom is 0.356 e. The normalized spacial score (nSPS) is 17.1. The number of rotatable bonds is 16. The summed E-state index contributed by atoms with van der Waals surface area (Å²) in [6.45, 7) is 10.1. The molecule has 0 aromatic heterocycles. The molecule has 0 spiro atoms. The molecular formula is C35H50N3O10PS2. The van der Waals surface area contributed by atoms with E-state index in [1.807, 2.05) is 24.3 Å². The molecule has 282 valence electrons. The topological polar surface area (TPSA) is 160 Å². The van der Waals surface area contributed by atoms with E-state index in [1.165, 1.54) is 32.4 Å². The van der Waals surface area contributed by atoms with Crippen LogP contribution in [0.15, 0.2) is 48.5 Å². The van der Waals surface area contributed by atoms with E-state index in [0.29, 0.717) is 37.8 Å². The lowest BCUT2D eigenvalue weighted by Crippen LogP contribution is -2.85. The van der Waals surface area contributed by atoms with Crippen LogP contribution in [0.4, 0.5) is 0 Å². The molecule has 0 aliphatic carbocycles. The Morgan fingerprint density at radius 1 is 1.00 bits per heavy atom. The third kappa shape index (κ3) is 15.2. The Morgan fingerprint density at radius 3 is 2.20 bits per heavy atom. The molecule has 51 heavy (non-hydrogen) atoms. The van der Waals surface area contributed by atoms with Crippen LogP contribution in [0.25, 0.3) is 0 Å². The molecule has 3 atom stereocenters. The van der Waals surface area contributed by atoms with Crippen LogP contribution < -0.4 is 15.4 Å². The molecule has 4 rings (SSSR count). The van der Waals surface area contributed by atoms with Gasteiger partial charge in [0.15, 0.2) is 0 Å². The molecule has 2 aromatic carbocycles. The van der Waals surface area contributed by atoms with Crippen LogP contribution in [0.3, 0.4) is 0 Å². The average Bonchev–Trinajstić information content (AvgIpc) is 3.13. The summed E-state index contributed by atoms with van der Waals surface area (Å²) in [5, 5.41) is 10.0. The number of quaternary nitrogens is 1. The first-order valence-electron chi connectivity index (χ1n) is 17.4. The van der Waals surface area contributed by atoms with Gasteiger partial charge in [0.25, 0.3) is 5.09 Å². The van der Waals surface area contributed by atoms with Gasteiger partial charge >= 0.3 is 17.9 Å². The Morgan fingerprint density at radius 2 is 1.65 bits per heavy atom. The maximum absolute atomic E-state index is 13.2. The predicted octanol–water partition coefficient (Wildman–Crippen LogP) is 3.59. The third-order valence-electron chi connectivity index (χ3n) is 8.17. The Labute approximate surface area is 310 Å². The van der Waals surface area contributed by atoms with Gasteiger partial charge in [-0.1, -0.05) is 55.6 Å². The van der Waals surface area contributed by atoms with Gasteiger partial charge < -0.3 is 41.4 Å². The molecule has 16 heteroatoms. The number of morpholine rings is 1. The van der Waals surface area contributed by atoms with E-state index in [0.717, 1.165) is 17.3 Å². The van der Waals surface area contributed by atoms with Gasteiger partial charge in [-0.15, -0.1) is 21.9 Å². The molecule has 0 saturated carbocycles. The number of nitrogens with two attached hydrogens (primary N) is 1. The number of benzene rings is 2. The second-order valence-corrected chi connectivity index (χ2v) is 18.7. The molecular weight excluding hydrogens is 718 g/mol. The number of hydrogen-bond donors (Lipinski definition) is 1. The Hall–Kier alpha value is -3.07. The highest BCUT2D eigenvalue weighted by atomic mass is 32.9. The number of carbonyl (C=O) groups is 3. The molecule has 0 amide bonds. The minimum Gasteiger partial charge on any atom is -0.727 e. The monoisotopic (exact) mass is 767 g/mol. The highest BCUT2D eigenvalue weighted by Crippen LogP contribution is 2.46. The summed E-state index contributed by atoms with van der Waals surface area (Å²) in [5.74, 6) is -2.50. The zero-order valence-corrected chi connectivity index (χ0v) is 32.1. The molecule has 3 unspecified atom stereocenters. The van der Waals surface area contributed by atoms with Crippen molar-refractivity contribution in [3.63, 3.8) is 0 Å². The van der Waals surface area contributed by atoms with Crippen molar-refractivity contribution in [1.29, 1.82) is 0 Å². The number of carbonyl (C=O) groups excluding carboxylic acids is 3. The van der Waals surface area contributed by atoms with Crippen LogP contribution in [0.5, 0.6) is 5.75 Å². The molecule has 2 saturated heterocycles. The summed E-state index contributed by atoms with van der Waals surface area (Å²) in [6, 6.07) is 14.1. The number of hydrogen-bond acceptors (Lipinski definition) is 12. The summed E-state index contributed by atoms with van der Waals surface area (Å²) < 4.78 is 23.6. The van der Waals surface area contributed by atoms with E-state index >= 15 is 0 Å². The smallest absolute Gasteiger partial charge is 0.356 e. The van der Waals surface area contributed by atoms with Crippen molar-refractivity contribution in [3.05, 3.63) is 69.8 Å². The quantitative estimate of drug-likeness (QED) is 0.0503. The van der Waals surface area contributed by atoms with Crippen molar-refractivity contribution >= 4 is 52.7 Å². The van der Waals surface area contributed by atoms with Gasteiger partial charge in [0, 0.05) is 19.5 Å². The van der Waals surface area contributed by atoms with Crippen LogP contribution in [0.2, 0.25) is 0 Å². The van der Waals surface area contributed by atoms with Gasteiger partial charge in [0.1, 0.15) is 12.4 Å². The lowest BCUT2D eigenvalue weighted by molar-refractivity contribution is -0.757. The fourth-order valence-corrected chi connectivity index (χ4v) is 8.55. The molecule has 0 bridgehead atoms. The first-order chi connectivity index (χ1) is 24.4. The second-order valence-electron chi connectivity index (χ2n) is 12.8. The Kier molecular flexibility index (Phi) is 18.3. The number of ether oxygens (including phenoxy) is 4. The van der Waals surface area contributed by atoms with Crippen LogP contribution in [-0.2, 0) is 63.9 Å². The van der Waals surface area contributed by atoms with Crippen molar-refractivity contribution in [2.45, 2.75) is 71.3 Å². The first-order valence-corrected chi connectivity index (χ1v) is 21.1. The molecule has 2 aliphatic rings. The van der Waals surface area contributed by atoms with Gasteiger partial charge in [-0.25, -0.2) is 4.79 Å². The molecule has 2 aromatic rings. The van der Waals surface area contributed by atoms with Crippen molar-refractivity contribution in [2.24, 2.45) is 5.92 Å². The lowest BCUT2D eigenvalue weighted by Gasteiger charge is -2.43. The van der Waals surface area contributed by atoms with Crippen molar-refractivity contribution in [2.75, 3.05) is 52.6 Å². The third-order valence-corrected chi connectivity index (χ3v) is 12.9. The first kappa shape index (κ1) is 42.3. The summed E-state index contributed by atoms with van der Waals surface area (Å²) in [4.78, 5) is 53.0. The zero-order chi connectivity index (χ0) is 37.2. The lowest BCUT2D eigenvalue weighted by atomic mass is 9.97. The summed E-state index contributed by atoms with van der Waals surface area (Å²) >= 11 is 11.6. The molecule has 13 nitrogen and oxygen atoms in total. The van der Waals surface area contributed by atoms with E-state index in [4.69, 9.17) is 43.0 Å². The van der Waals surface area contributed by atoms with E-state index in [9.17, 15) is 24.5 Å². The average molecular weight is 768 g/mol. The Bertz CT molecular complexity index is 1440. The van der Waals surface area contributed by atoms with E-state index < -0.39 is 47.0 Å². The van der Waals surface area contributed by atoms with Crippen molar-refractivity contribution in [1.82, 2.24) is 4.67 Å². The van der Waals surface area contributed by atoms with Gasteiger partial charge in [-0.2, -0.15) is 0 Å². The summed E-state index contributed by atoms with van der Waals surface area (Å²) in [6.07, 6.45) is 3.49. The van der Waals surface area contributed by atoms with Gasteiger partial charge in [0.05, 0.1) is 38.8 Å². The molecule has 2 fully saturated rings. The highest BCUT2D eigenvalue weighted by molar-refractivity contribution is 8.56. The van der Waals surface area contributed by atoms with Crippen LogP contribution >= 0.6 is 5.39 Å². The molecule has 0 radical (unpaired) electrons. The van der Waals surface area contributed by atoms with Crippen LogP contribution in [0.1, 0.15) is 69.9 Å². The van der Waals surface area contributed by atoms with Gasteiger partial charge in [-0.3, -0.25) is 14.3 Å². The number of nitrogens with zero attached hydrogens (tertiary/aromatic N) is 2. The van der Waals surface area contributed by atoms with Gasteiger partial charge in [-0.05, 0) is 73.5 Å². The molecule has 2 heterocycles. The summed E-state index contributed by atoms with van der Waals surface area (Å²) in [5.41, 5.74) is 1.83. The maximum atomic E-state index is 13.2. The highest BCUT2D eigenvalue weighted by Gasteiger charge is 2.30. The second kappa shape index (κ2) is 22.1. The van der Waals surface area contributed by atoms with Crippen molar-refractivity contribution < 1.29 is 48.6 Å². The fourth-order valence-electron chi connectivity index (χ4n) is 5.30. The fraction of sp³-hybridized carbons (Fsp3) is 0.571.